The van der Waals surface area contributed by atoms with Gasteiger partial charge in [-0.15, -0.1) is 0 Å². The molecule has 0 atom stereocenters. The molecule has 1 amide bonds. The quantitative estimate of drug-likeness (QED) is 0.689. The largest absolute Gasteiger partial charge is 0.356 e. The zero-order valence-electron chi connectivity index (χ0n) is 10.7. The van der Waals surface area contributed by atoms with Crippen LogP contribution in [0.2, 0.25) is 0 Å². The van der Waals surface area contributed by atoms with Gasteiger partial charge in [-0.3, -0.25) is 4.79 Å². The highest BCUT2D eigenvalue weighted by atomic mass is 16.2. The molecule has 0 spiro atoms. The van der Waals surface area contributed by atoms with Crippen molar-refractivity contribution in [2.45, 2.75) is 45.4 Å². The summed E-state index contributed by atoms with van der Waals surface area (Å²) in [7, 11) is 0. The number of carbonyl (C=O) groups excluding carboxylic acids is 1. The van der Waals surface area contributed by atoms with Gasteiger partial charge in [0.05, 0.1) is 11.5 Å². The Hall–Kier alpha value is -1.08. The molecule has 2 N–H and O–H groups in total. The van der Waals surface area contributed by atoms with Gasteiger partial charge in [-0.2, -0.15) is 5.26 Å². The first-order chi connectivity index (χ1) is 8.25. The van der Waals surface area contributed by atoms with Crippen molar-refractivity contribution in [3.05, 3.63) is 0 Å². The summed E-state index contributed by atoms with van der Waals surface area (Å²) in [6.07, 6.45) is 5.15. The van der Waals surface area contributed by atoms with Gasteiger partial charge in [0.2, 0.25) is 5.91 Å². The van der Waals surface area contributed by atoms with Crippen molar-refractivity contribution in [1.82, 2.24) is 10.6 Å². The van der Waals surface area contributed by atoms with E-state index >= 15 is 0 Å². The SMILES string of the molecule is CCC1(C(=O)NCCCCC#N)CCNCC1. The molecule has 17 heavy (non-hydrogen) atoms. The van der Waals surface area contributed by atoms with E-state index in [4.69, 9.17) is 5.26 Å². The third kappa shape index (κ3) is 4.01. The van der Waals surface area contributed by atoms with Gasteiger partial charge >= 0.3 is 0 Å². The van der Waals surface area contributed by atoms with E-state index < -0.39 is 0 Å². The third-order valence-corrected chi connectivity index (χ3v) is 3.72. The molecule has 1 aliphatic heterocycles. The van der Waals surface area contributed by atoms with Crippen LogP contribution in [0.4, 0.5) is 0 Å². The minimum absolute atomic E-state index is 0.152. The van der Waals surface area contributed by atoms with E-state index in [-0.39, 0.29) is 11.3 Å². The first-order valence-electron chi connectivity index (χ1n) is 6.61. The summed E-state index contributed by atoms with van der Waals surface area (Å²) in [5, 5.41) is 14.7. The number of hydrogen-bond acceptors (Lipinski definition) is 3. The van der Waals surface area contributed by atoms with Crippen molar-refractivity contribution in [3.63, 3.8) is 0 Å². The predicted molar refractivity (Wildman–Crippen MR) is 67.3 cm³/mol. The van der Waals surface area contributed by atoms with Crippen LogP contribution in [-0.4, -0.2) is 25.5 Å². The zero-order chi connectivity index (χ0) is 12.6. The molecular formula is C13H23N3O. The molecule has 1 rings (SSSR count). The number of carbonyl (C=O) groups is 1. The maximum absolute atomic E-state index is 12.2. The molecule has 0 radical (unpaired) electrons. The lowest BCUT2D eigenvalue weighted by Gasteiger charge is -2.35. The fraction of sp³-hybridized carbons (Fsp3) is 0.846. The number of nitrogens with one attached hydrogen (secondary N) is 2. The van der Waals surface area contributed by atoms with Crippen molar-refractivity contribution < 1.29 is 4.79 Å². The van der Waals surface area contributed by atoms with Crippen LogP contribution in [0.3, 0.4) is 0 Å². The van der Waals surface area contributed by atoms with Crippen molar-refractivity contribution in [1.29, 1.82) is 5.26 Å². The Morgan fingerprint density at radius 3 is 2.71 bits per heavy atom. The van der Waals surface area contributed by atoms with E-state index in [2.05, 4.69) is 23.6 Å². The fourth-order valence-electron chi connectivity index (χ4n) is 2.36. The van der Waals surface area contributed by atoms with Gasteiger partial charge in [-0.1, -0.05) is 6.92 Å². The smallest absolute Gasteiger partial charge is 0.226 e. The van der Waals surface area contributed by atoms with Gasteiger partial charge in [-0.25, -0.2) is 0 Å². The highest BCUT2D eigenvalue weighted by molar-refractivity contribution is 5.82. The molecule has 0 aliphatic carbocycles. The zero-order valence-corrected chi connectivity index (χ0v) is 10.7. The van der Waals surface area contributed by atoms with Crippen LogP contribution < -0.4 is 10.6 Å². The summed E-state index contributed by atoms with van der Waals surface area (Å²) >= 11 is 0. The summed E-state index contributed by atoms with van der Waals surface area (Å²) in [5.74, 6) is 0.207. The molecule has 0 aromatic rings. The van der Waals surface area contributed by atoms with Crippen LogP contribution >= 0.6 is 0 Å². The molecule has 1 heterocycles. The maximum atomic E-state index is 12.2. The van der Waals surface area contributed by atoms with Crippen LogP contribution in [0.25, 0.3) is 0 Å². The first-order valence-corrected chi connectivity index (χ1v) is 6.61. The number of nitriles is 1. The second-order valence-electron chi connectivity index (χ2n) is 4.76. The first kappa shape index (κ1) is 14.0. The number of hydrogen-bond donors (Lipinski definition) is 2. The molecule has 0 unspecified atom stereocenters. The Morgan fingerprint density at radius 1 is 1.41 bits per heavy atom. The van der Waals surface area contributed by atoms with Gasteiger partial charge in [0.15, 0.2) is 0 Å². The molecule has 0 saturated carbocycles. The number of piperidine rings is 1. The fourth-order valence-corrected chi connectivity index (χ4v) is 2.36. The van der Waals surface area contributed by atoms with E-state index in [1.54, 1.807) is 0 Å². The minimum atomic E-state index is -0.152. The highest BCUT2D eigenvalue weighted by Crippen LogP contribution is 2.32. The van der Waals surface area contributed by atoms with Gasteiger partial charge in [-0.05, 0) is 45.2 Å². The van der Waals surface area contributed by atoms with Crippen molar-refractivity contribution in [3.8, 4) is 6.07 Å². The second kappa shape index (κ2) is 7.29. The minimum Gasteiger partial charge on any atom is -0.356 e. The number of amides is 1. The molecule has 0 bridgehead atoms. The standard InChI is InChI=1S/C13H23N3O/c1-2-13(6-10-15-11-7-13)12(17)16-9-5-3-4-8-14/h15H,2-7,9-11H2,1H3,(H,16,17). The van der Waals surface area contributed by atoms with Crippen LogP contribution in [0.5, 0.6) is 0 Å². The number of rotatable bonds is 6. The predicted octanol–water partition coefficient (Wildman–Crippen LogP) is 1.58. The number of nitrogens with zero attached hydrogens (tertiary/aromatic N) is 1. The van der Waals surface area contributed by atoms with E-state index in [1.807, 2.05) is 0 Å². The molecule has 0 aromatic heterocycles. The Balaban J connectivity index is 2.31. The molecule has 1 saturated heterocycles. The molecular weight excluding hydrogens is 214 g/mol. The Morgan fingerprint density at radius 2 is 2.12 bits per heavy atom. The van der Waals surface area contributed by atoms with Crippen LogP contribution in [0.15, 0.2) is 0 Å². The van der Waals surface area contributed by atoms with E-state index in [0.29, 0.717) is 13.0 Å². The summed E-state index contributed by atoms with van der Waals surface area (Å²) in [6.45, 7) is 4.68. The van der Waals surface area contributed by atoms with Crippen molar-refractivity contribution in [2.75, 3.05) is 19.6 Å². The van der Waals surface area contributed by atoms with Gasteiger partial charge in [0.25, 0.3) is 0 Å². The summed E-state index contributed by atoms with van der Waals surface area (Å²) in [4.78, 5) is 12.2. The second-order valence-corrected chi connectivity index (χ2v) is 4.76. The van der Waals surface area contributed by atoms with Gasteiger partial charge in [0.1, 0.15) is 0 Å². The lowest BCUT2D eigenvalue weighted by Crippen LogP contribution is -2.47. The average Bonchev–Trinajstić information content (AvgIpc) is 2.39. The molecule has 96 valence electrons. The summed E-state index contributed by atoms with van der Waals surface area (Å²) < 4.78 is 0. The molecule has 0 aromatic carbocycles. The monoisotopic (exact) mass is 237 g/mol. The van der Waals surface area contributed by atoms with Gasteiger partial charge < -0.3 is 10.6 Å². The topological polar surface area (TPSA) is 64.9 Å². The normalized spacial score (nSPS) is 18.4. The maximum Gasteiger partial charge on any atom is 0.226 e. The Kier molecular flexibility index (Phi) is 5.99. The Labute approximate surface area is 104 Å². The summed E-state index contributed by atoms with van der Waals surface area (Å²) in [6, 6.07) is 2.12. The van der Waals surface area contributed by atoms with Gasteiger partial charge in [0, 0.05) is 13.0 Å². The van der Waals surface area contributed by atoms with Crippen molar-refractivity contribution >= 4 is 5.91 Å². The summed E-state index contributed by atoms with van der Waals surface area (Å²) in [5.41, 5.74) is -0.152. The van der Waals surface area contributed by atoms with Crippen LogP contribution in [-0.2, 0) is 4.79 Å². The molecule has 1 fully saturated rings. The third-order valence-electron chi connectivity index (χ3n) is 3.72. The number of unbranched alkanes of at least 4 members (excludes halogenated alkanes) is 2. The lowest BCUT2D eigenvalue weighted by atomic mass is 9.76. The lowest BCUT2D eigenvalue weighted by molar-refractivity contribution is -0.132. The highest BCUT2D eigenvalue weighted by Gasteiger charge is 2.37. The van der Waals surface area contributed by atoms with E-state index in [9.17, 15) is 4.79 Å². The van der Waals surface area contributed by atoms with E-state index in [0.717, 1.165) is 45.2 Å². The van der Waals surface area contributed by atoms with Crippen LogP contribution in [0.1, 0.15) is 45.4 Å². The van der Waals surface area contributed by atoms with Crippen LogP contribution in [0, 0.1) is 16.7 Å². The average molecular weight is 237 g/mol. The molecule has 1 aliphatic rings. The van der Waals surface area contributed by atoms with Crippen molar-refractivity contribution in [2.24, 2.45) is 5.41 Å². The Bertz CT molecular complexity index is 277. The molecule has 4 nitrogen and oxygen atoms in total. The van der Waals surface area contributed by atoms with E-state index in [1.165, 1.54) is 0 Å². The molecule has 4 heteroatoms.